The SMILES string of the molecule is COc1cccc(C(=O)N2CC(c3nc(-c4cccnc4)no3)C2)c1OC. The minimum Gasteiger partial charge on any atom is -0.493 e. The minimum atomic E-state index is -0.117. The van der Waals surface area contributed by atoms with E-state index >= 15 is 0 Å². The normalized spacial score (nSPS) is 13.9. The Morgan fingerprint density at radius 2 is 2.04 bits per heavy atom. The molecule has 1 aliphatic heterocycles. The van der Waals surface area contributed by atoms with Crippen LogP contribution in [0.4, 0.5) is 0 Å². The van der Waals surface area contributed by atoms with Crippen molar-refractivity contribution in [2.45, 2.75) is 5.92 Å². The number of amides is 1. The van der Waals surface area contributed by atoms with Crippen molar-refractivity contribution >= 4 is 5.91 Å². The van der Waals surface area contributed by atoms with Crippen LogP contribution in [0.2, 0.25) is 0 Å². The molecule has 8 heteroatoms. The molecular weight excluding hydrogens is 348 g/mol. The second kappa shape index (κ2) is 7.06. The molecule has 0 atom stereocenters. The number of pyridine rings is 1. The molecule has 8 nitrogen and oxygen atoms in total. The average molecular weight is 366 g/mol. The van der Waals surface area contributed by atoms with E-state index in [1.807, 2.05) is 12.1 Å². The molecule has 1 aliphatic rings. The number of benzene rings is 1. The van der Waals surface area contributed by atoms with Crippen molar-refractivity contribution in [1.82, 2.24) is 20.0 Å². The molecule has 0 saturated carbocycles. The van der Waals surface area contributed by atoms with Crippen molar-refractivity contribution in [2.75, 3.05) is 27.3 Å². The van der Waals surface area contributed by atoms with Crippen molar-refractivity contribution in [2.24, 2.45) is 0 Å². The van der Waals surface area contributed by atoms with Gasteiger partial charge in [0.1, 0.15) is 0 Å². The topological polar surface area (TPSA) is 90.6 Å². The number of likely N-dealkylation sites (tertiary alicyclic amines) is 1. The zero-order valence-corrected chi connectivity index (χ0v) is 15.0. The molecule has 0 aliphatic carbocycles. The Morgan fingerprint density at radius 1 is 1.19 bits per heavy atom. The van der Waals surface area contributed by atoms with Gasteiger partial charge in [-0.05, 0) is 24.3 Å². The Hall–Kier alpha value is -3.42. The van der Waals surface area contributed by atoms with E-state index in [2.05, 4.69) is 15.1 Å². The number of methoxy groups -OCH3 is 2. The number of hydrogen-bond acceptors (Lipinski definition) is 7. The molecule has 1 amide bonds. The fraction of sp³-hybridized carbons (Fsp3) is 0.263. The van der Waals surface area contributed by atoms with Crippen molar-refractivity contribution in [1.29, 1.82) is 0 Å². The molecule has 1 saturated heterocycles. The third-order valence-electron chi connectivity index (χ3n) is 4.51. The van der Waals surface area contributed by atoms with E-state index in [-0.39, 0.29) is 11.8 Å². The first-order valence-electron chi connectivity index (χ1n) is 8.45. The van der Waals surface area contributed by atoms with Gasteiger partial charge in [-0.15, -0.1) is 0 Å². The van der Waals surface area contributed by atoms with E-state index in [4.69, 9.17) is 14.0 Å². The van der Waals surface area contributed by atoms with Crippen LogP contribution in [-0.4, -0.2) is 53.2 Å². The monoisotopic (exact) mass is 366 g/mol. The van der Waals surface area contributed by atoms with Gasteiger partial charge in [-0.25, -0.2) is 0 Å². The number of carbonyl (C=O) groups is 1. The summed E-state index contributed by atoms with van der Waals surface area (Å²) in [6.07, 6.45) is 3.37. The number of carbonyl (C=O) groups excluding carboxylic acids is 1. The van der Waals surface area contributed by atoms with Gasteiger partial charge >= 0.3 is 0 Å². The molecule has 1 aromatic carbocycles. The Bertz CT molecular complexity index is 951. The summed E-state index contributed by atoms with van der Waals surface area (Å²) in [5.41, 5.74) is 1.26. The lowest BCUT2D eigenvalue weighted by Gasteiger charge is -2.37. The van der Waals surface area contributed by atoms with Crippen LogP contribution < -0.4 is 9.47 Å². The molecule has 0 unspecified atom stereocenters. The highest BCUT2D eigenvalue weighted by Crippen LogP contribution is 2.34. The lowest BCUT2D eigenvalue weighted by molar-refractivity contribution is 0.0565. The van der Waals surface area contributed by atoms with E-state index in [9.17, 15) is 4.79 Å². The van der Waals surface area contributed by atoms with Crippen LogP contribution in [-0.2, 0) is 0 Å². The van der Waals surface area contributed by atoms with Crippen molar-refractivity contribution in [3.63, 3.8) is 0 Å². The highest BCUT2D eigenvalue weighted by molar-refractivity contribution is 5.98. The van der Waals surface area contributed by atoms with Gasteiger partial charge in [0.2, 0.25) is 11.7 Å². The predicted molar refractivity (Wildman–Crippen MR) is 95.7 cm³/mol. The Kier molecular flexibility index (Phi) is 4.45. The highest BCUT2D eigenvalue weighted by atomic mass is 16.5. The summed E-state index contributed by atoms with van der Waals surface area (Å²) in [6, 6.07) is 8.94. The van der Waals surface area contributed by atoms with Gasteiger partial charge in [0, 0.05) is 31.0 Å². The third kappa shape index (κ3) is 3.10. The van der Waals surface area contributed by atoms with Crippen LogP contribution in [0.3, 0.4) is 0 Å². The number of para-hydroxylation sites is 1. The lowest BCUT2D eigenvalue weighted by Crippen LogP contribution is -2.48. The van der Waals surface area contributed by atoms with Gasteiger partial charge in [-0.2, -0.15) is 4.98 Å². The fourth-order valence-corrected chi connectivity index (χ4v) is 3.04. The molecule has 3 aromatic rings. The summed E-state index contributed by atoms with van der Waals surface area (Å²) in [7, 11) is 3.06. The average Bonchev–Trinajstić information content (AvgIpc) is 3.16. The maximum atomic E-state index is 12.8. The predicted octanol–water partition coefficient (Wildman–Crippen LogP) is 2.39. The number of hydrogen-bond donors (Lipinski definition) is 0. The maximum Gasteiger partial charge on any atom is 0.257 e. The Balaban J connectivity index is 1.46. The number of ether oxygens (including phenoxy) is 2. The summed E-state index contributed by atoms with van der Waals surface area (Å²) in [6.45, 7) is 1.02. The zero-order chi connectivity index (χ0) is 18.8. The molecule has 0 spiro atoms. The quantitative estimate of drug-likeness (QED) is 0.685. The highest BCUT2D eigenvalue weighted by Gasteiger charge is 2.37. The number of aromatic nitrogens is 3. The largest absolute Gasteiger partial charge is 0.493 e. The summed E-state index contributed by atoms with van der Waals surface area (Å²) in [5, 5.41) is 4.00. The molecule has 0 bridgehead atoms. The van der Waals surface area contributed by atoms with Crippen LogP contribution in [0.15, 0.2) is 47.2 Å². The Labute approximate surface area is 155 Å². The second-order valence-electron chi connectivity index (χ2n) is 6.15. The van der Waals surface area contributed by atoms with E-state index in [0.717, 1.165) is 5.56 Å². The lowest BCUT2D eigenvalue weighted by atomic mass is 9.98. The summed E-state index contributed by atoms with van der Waals surface area (Å²) in [5.74, 6) is 1.88. The van der Waals surface area contributed by atoms with E-state index in [0.29, 0.717) is 41.9 Å². The second-order valence-corrected chi connectivity index (χ2v) is 6.15. The van der Waals surface area contributed by atoms with Crippen molar-refractivity contribution in [3.8, 4) is 22.9 Å². The molecule has 3 heterocycles. The zero-order valence-electron chi connectivity index (χ0n) is 15.0. The fourth-order valence-electron chi connectivity index (χ4n) is 3.04. The van der Waals surface area contributed by atoms with Gasteiger partial charge in [0.05, 0.1) is 25.7 Å². The first-order chi connectivity index (χ1) is 13.2. The summed E-state index contributed by atoms with van der Waals surface area (Å²) in [4.78, 5) is 23.0. The minimum absolute atomic E-state index is 0.0171. The molecule has 4 rings (SSSR count). The van der Waals surface area contributed by atoms with Gasteiger partial charge in [-0.3, -0.25) is 9.78 Å². The van der Waals surface area contributed by atoms with Crippen LogP contribution in [0.5, 0.6) is 11.5 Å². The molecule has 2 aromatic heterocycles. The smallest absolute Gasteiger partial charge is 0.257 e. The first kappa shape index (κ1) is 17.0. The van der Waals surface area contributed by atoms with Crippen LogP contribution >= 0.6 is 0 Å². The number of rotatable bonds is 5. The standard InChI is InChI=1S/C19H18N4O4/c1-25-15-7-3-6-14(16(15)26-2)19(24)23-10-13(11-23)18-21-17(22-27-18)12-5-4-8-20-9-12/h3-9,13H,10-11H2,1-2H3. The third-order valence-corrected chi connectivity index (χ3v) is 4.51. The van der Waals surface area contributed by atoms with Crippen LogP contribution in [0.1, 0.15) is 22.2 Å². The van der Waals surface area contributed by atoms with Crippen LogP contribution in [0.25, 0.3) is 11.4 Å². The molecule has 1 fully saturated rings. The van der Waals surface area contributed by atoms with E-state index in [1.54, 1.807) is 42.6 Å². The molecule has 0 radical (unpaired) electrons. The van der Waals surface area contributed by atoms with Crippen molar-refractivity contribution < 1.29 is 18.8 Å². The van der Waals surface area contributed by atoms with Crippen molar-refractivity contribution in [3.05, 3.63) is 54.2 Å². The summed E-state index contributed by atoms with van der Waals surface area (Å²) < 4.78 is 16.0. The molecule has 27 heavy (non-hydrogen) atoms. The number of nitrogens with zero attached hydrogens (tertiary/aromatic N) is 4. The van der Waals surface area contributed by atoms with E-state index < -0.39 is 0 Å². The first-order valence-corrected chi connectivity index (χ1v) is 8.45. The van der Waals surface area contributed by atoms with Crippen LogP contribution in [0, 0.1) is 0 Å². The van der Waals surface area contributed by atoms with Gasteiger partial charge < -0.3 is 18.9 Å². The molecule has 138 valence electrons. The molecule has 0 N–H and O–H groups in total. The summed E-state index contributed by atoms with van der Waals surface area (Å²) >= 11 is 0. The van der Waals surface area contributed by atoms with E-state index in [1.165, 1.54) is 7.11 Å². The van der Waals surface area contributed by atoms with Gasteiger partial charge in [-0.1, -0.05) is 11.2 Å². The van der Waals surface area contributed by atoms with Gasteiger partial charge in [0.25, 0.3) is 5.91 Å². The van der Waals surface area contributed by atoms with Gasteiger partial charge in [0.15, 0.2) is 11.5 Å². The molecular formula is C19H18N4O4. The maximum absolute atomic E-state index is 12.8. The Morgan fingerprint density at radius 3 is 2.74 bits per heavy atom.